The number of ether oxygens (including phenoxy) is 4. The summed E-state index contributed by atoms with van der Waals surface area (Å²) in [7, 11) is 5.46. The Morgan fingerprint density at radius 2 is 1.82 bits per heavy atom. The normalized spacial score (nSPS) is 18.2. The Morgan fingerprint density at radius 1 is 1.05 bits per heavy atom. The van der Waals surface area contributed by atoms with Crippen LogP contribution in [0.3, 0.4) is 0 Å². The maximum absolute atomic E-state index is 13.4. The molecular formula is C29H36N2O7. The van der Waals surface area contributed by atoms with Crippen molar-refractivity contribution in [2.24, 2.45) is 0 Å². The molecule has 0 spiro atoms. The third kappa shape index (κ3) is 5.72. The van der Waals surface area contributed by atoms with Crippen molar-refractivity contribution in [3.05, 3.63) is 53.1 Å². The molecule has 2 aromatic carbocycles. The predicted octanol–water partition coefficient (Wildman–Crippen LogP) is 4.02. The van der Waals surface area contributed by atoms with Gasteiger partial charge in [0.15, 0.2) is 23.0 Å². The van der Waals surface area contributed by atoms with Gasteiger partial charge in [-0.1, -0.05) is 19.4 Å². The minimum Gasteiger partial charge on any atom is -0.507 e. The van der Waals surface area contributed by atoms with Gasteiger partial charge in [0.05, 0.1) is 25.3 Å². The predicted molar refractivity (Wildman–Crippen MR) is 143 cm³/mol. The van der Waals surface area contributed by atoms with Gasteiger partial charge in [-0.05, 0) is 69.4 Å². The molecular weight excluding hydrogens is 488 g/mol. The topological polar surface area (TPSA) is 97.8 Å². The number of carbonyl (C=O) groups excluding carboxylic acids is 2. The molecule has 4 rings (SSSR count). The summed E-state index contributed by atoms with van der Waals surface area (Å²) in [6.07, 6.45) is 2.57. The van der Waals surface area contributed by atoms with Crippen LogP contribution in [0.1, 0.15) is 43.4 Å². The number of likely N-dealkylation sites (tertiary alicyclic amines) is 1. The lowest BCUT2D eigenvalue weighted by Crippen LogP contribution is -2.32. The van der Waals surface area contributed by atoms with Crippen LogP contribution in [0.15, 0.2) is 42.0 Å². The van der Waals surface area contributed by atoms with Crippen LogP contribution in [0.25, 0.3) is 5.76 Å². The number of hydrogen-bond acceptors (Lipinski definition) is 8. The number of unbranched alkanes of at least 4 members (excludes halogenated alkanes) is 1. The number of ketones is 1. The van der Waals surface area contributed by atoms with Gasteiger partial charge >= 0.3 is 0 Å². The molecule has 0 radical (unpaired) electrons. The number of aliphatic hydroxyl groups excluding tert-OH is 1. The van der Waals surface area contributed by atoms with E-state index < -0.39 is 17.7 Å². The van der Waals surface area contributed by atoms with Crippen molar-refractivity contribution in [1.29, 1.82) is 0 Å². The summed E-state index contributed by atoms with van der Waals surface area (Å²) in [5.41, 5.74) is 1.04. The van der Waals surface area contributed by atoms with Gasteiger partial charge in [0.2, 0.25) is 0 Å². The van der Waals surface area contributed by atoms with E-state index in [1.54, 1.807) is 37.4 Å². The van der Waals surface area contributed by atoms with Gasteiger partial charge in [0, 0.05) is 12.1 Å². The van der Waals surface area contributed by atoms with Crippen LogP contribution in [0.5, 0.6) is 23.0 Å². The Balaban J connectivity index is 1.77. The van der Waals surface area contributed by atoms with Crippen molar-refractivity contribution in [3.8, 4) is 23.0 Å². The summed E-state index contributed by atoms with van der Waals surface area (Å²) in [5, 5.41) is 11.4. The first kappa shape index (κ1) is 27.3. The summed E-state index contributed by atoms with van der Waals surface area (Å²) < 4.78 is 22.7. The monoisotopic (exact) mass is 524 g/mol. The van der Waals surface area contributed by atoms with Crippen molar-refractivity contribution in [2.75, 3.05) is 54.1 Å². The van der Waals surface area contributed by atoms with Crippen LogP contribution in [0.4, 0.5) is 0 Å². The van der Waals surface area contributed by atoms with Crippen LogP contribution in [-0.4, -0.2) is 80.7 Å². The highest BCUT2D eigenvalue weighted by atomic mass is 16.6. The van der Waals surface area contributed by atoms with Crippen molar-refractivity contribution < 1.29 is 33.6 Å². The van der Waals surface area contributed by atoms with Gasteiger partial charge in [0.1, 0.15) is 19.0 Å². The van der Waals surface area contributed by atoms with Crippen molar-refractivity contribution in [2.45, 2.75) is 32.2 Å². The van der Waals surface area contributed by atoms with E-state index in [9.17, 15) is 14.7 Å². The lowest BCUT2D eigenvalue weighted by Gasteiger charge is -2.26. The summed E-state index contributed by atoms with van der Waals surface area (Å²) in [6.45, 7) is 4.56. The molecule has 1 atom stereocenters. The minimum absolute atomic E-state index is 0.0261. The molecule has 0 aromatic heterocycles. The largest absolute Gasteiger partial charge is 0.507 e. The number of amides is 1. The zero-order valence-electron chi connectivity index (χ0n) is 22.5. The Labute approximate surface area is 223 Å². The lowest BCUT2D eigenvalue weighted by atomic mass is 9.94. The van der Waals surface area contributed by atoms with Crippen LogP contribution in [0.2, 0.25) is 0 Å². The fourth-order valence-electron chi connectivity index (χ4n) is 4.66. The molecule has 1 amide bonds. The second-order valence-electron chi connectivity index (χ2n) is 9.62. The second-order valence-corrected chi connectivity index (χ2v) is 9.62. The van der Waals surface area contributed by atoms with Gasteiger partial charge in [-0.3, -0.25) is 9.59 Å². The van der Waals surface area contributed by atoms with E-state index in [1.807, 2.05) is 25.1 Å². The summed E-state index contributed by atoms with van der Waals surface area (Å²) in [6, 6.07) is 9.56. The van der Waals surface area contributed by atoms with Gasteiger partial charge in [-0.25, -0.2) is 0 Å². The first-order valence-corrected chi connectivity index (χ1v) is 13.0. The molecule has 1 fully saturated rings. The molecule has 2 heterocycles. The number of nitrogens with zero attached hydrogens (tertiary/aromatic N) is 2. The molecule has 2 aliphatic rings. The molecule has 9 heteroatoms. The fourth-order valence-corrected chi connectivity index (χ4v) is 4.66. The highest BCUT2D eigenvalue weighted by molar-refractivity contribution is 6.46. The molecule has 0 bridgehead atoms. The van der Waals surface area contributed by atoms with E-state index in [-0.39, 0.29) is 11.3 Å². The molecule has 0 saturated carbocycles. The zero-order chi connectivity index (χ0) is 27.2. The molecule has 9 nitrogen and oxygen atoms in total. The van der Waals surface area contributed by atoms with E-state index in [1.165, 1.54) is 4.90 Å². The van der Waals surface area contributed by atoms with Crippen molar-refractivity contribution >= 4 is 17.4 Å². The molecule has 204 valence electrons. The van der Waals surface area contributed by atoms with E-state index in [0.717, 1.165) is 19.4 Å². The molecule has 1 unspecified atom stereocenters. The number of aliphatic hydroxyl groups is 1. The minimum atomic E-state index is -0.788. The molecule has 1 N–H and O–H groups in total. The highest BCUT2D eigenvalue weighted by Gasteiger charge is 2.46. The highest BCUT2D eigenvalue weighted by Crippen LogP contribution is 2.43. The van der Waals surface area contributed by atoms with E-state index in [4.69, 9.17) is 18.9 Å². The van der Waals surface area contributed by atoms with Gasteiger partial charge in [0.25, 0.3) is 11.7 Å². The number of Topliss-reactive ketones (excluding diaryl/α,β-unsaturated/α-hetero) is 1. The van der Waals surface area contributed by atoms with Crippen LogP contribution in [-0.2, 0) is 9.59 Å². The maximum atomic E-state index is 13.4. The number of fused-ring (bicyclic) bond motifs is 1. The van der Waals surface area contributed by atoms with Gasteiger partial charge in [-0.2, -0.15) is 0 Å². The molecule has 2 aromatic rings. The molecule has 2 aliphatic heterocycles. The first-order valence-electron chi connectivity index (χ1n) is 13.0. The molecule has 38 heavy (non-hydrogen) atoms. The second kappa shape index (κ2) is 12.2. The van der Waals surface area contributed by atoms with E-state index in [0.29, 0.717) is 66.9 Å². The van der Waals surface area contributed by atoms with Crippen LogP contribution >= 0.6 is 0 Å². The summed E-state index contributed by atoms with van der Waals surface area (Å²) in [5.74, 6) is 0.495. The Kier molecular flexibility index (Phi) is 8.78. The average molecular weight is 525 g/mol. The Bertz CT molecular complexity index is 1210. The van der Waals surface area contributed by atoms with Crippen molar-refractivity contribution in [1.82, 2.24) is 9.80 Å². The average Bonchev–Trinajstić information content (AvgIpc) is 3.17. The third-order valence-electron chi connectivity index (χ3n) is 6.62. The first-order chi connectivity index (χ1) is 18.3. The van der Waals surface area contributed by atoms with E-state index >= 15 is 0 Å². The number of carbonyl (C=O) groups is 2. The lowest BCUT2D eigenvalue weighted by molar-refractivity contribution is -0.139. The standard InChI is InChI=1S/C29H36N2O7/c1-5-6-14-36-21-10-8-19(17-23(21)35-4)26-25(28(33)29(34)31(26)13-7-12-30(2)3)27(32)20-9-11-22-24(18-20)38-16-15-37-22/h8-11,17-18,26,32H,5-7,12-16H2,1-4H3/b27-25+. The molecule has 1 saturated heterocycles. The number of rotatable bonds is 11. The Morgan fingerprint density at radius 3 is 2.53 bits per heavy atom. The maximum Gasteiger partial charge on any atom is 0.295 e. The van der Waals surface area contributed by atoms with Gasteiger partial charge < -0.3 is 33.9 Å². The summed E-state index contributed by atoms with van der Waals surface area (Å²) in [4.78, 5) is 30.2. The quantitative estimate of drug-likeness (QED) is 0.204. The summed E-state index contributed by atoms with van der Waals surface area (Å²) >= 11 is 0. The van der Waals surface area contributed by atoms with Gasteiger partial charge in [-0.15, -0.1) is 0 Å². The SMILES string of the molecule is CCCCOc1ccc(C2/C(=C(\O)c3ccc4c(c3)OCCO4)C(=O)C(=O)N2CCCN(C)C)cc1OC. The van der Waals surface area contributed by atoms with Crippen LogP contribution < -0.4 is 18.9 Å². The number of benzene rings is 2. The number of methoxy groups -OCH3 is 1. The number of hydrogen-bond donors (Lipinski definition) is 1. The fraction of sp³-hybridized carbons (Fsp3) is 0.448. The Hall–Kier alpha value is -3.72. The van der Waals surface area contributed by atoms with Crippen LogP contribution in [0, 0.1) is 0 Å². The van der Waals surface area contributed by atoms with E-state index in [2.05, 4.69) is 6.92 Å². The molecule has 0 aliphatic carbocycles. The third-order valence-corrected chi connectivity index (χ3v) is 6.62. The smallest absolute Gasteiger partial charge is 0.295 e. The van der Waals surface area contributed by atoms with Crippen molar-refractivity contribution in [3.63, 3.8) is 0 Å². The zero-order valence-corrected chi connectivity index (χ0v) is 22.5.